The molecule has 0 aromatic heterocycles. The highest BCUT2D eigenvalue weighted by Gasteiger charge is 2.53. The van der Waals surface area contributed by atoms with Gasteiger partial charge in [-0.25, -0.2) is 0 Å². The van der Waals surface area contributed by atoms with Crippen LogP contribution in [0.15, 0.2) is 30.3 Å². The normalized spacial score (nSPS) is 22.5. The Morgan fingerprint density at radius 3 is 1.94 bits per heavy atom. The Hall–Kier alpha value is -5.71. The third-order valence-electron chi connectivity index (χ3n) is 7.02. The molecule has 2 aliphatic heterocycles. The molecule has 2 heterocycles. The van der Waals surface area contributed by atoms with Gasteiger partial charge in [-0.15, -0.1) is 0 Å². The molecular weight excluding hydrogens is 668 g/mol. The molecule has 0 spiro atoms. The number of esters is 6. The first kappa shape index (κ1) is 37.1. The van der Waals surface area contributed by atoms with Crippen LogP contribution in [0.5, 0.6) is 28.7 Å². The van der Waals surface area contributed by atoms with Gasteiger partial charge in [0.25, 0.3) is 0 Å². The Balaban J connectivity index is 1.70. The van der Waals surface area contributed by atoms with E-state index in [0.29, 0.717) is 5.56 Å². The third kappa shape index (κ3) is 9.25. The number of ether oxygens (including phenoxy) is 9. The smallest absolute Gasteiger partial charge is 0.308 e. The summed E-state index contributed by atoms with van der Waals surface area (Å²) in [5.41, 5.74) is 0.174. The van der Waals surface area contributed by atoms with Crippen molar-refractivity contribution < 1.29 is 81.3 Å². The fourth-order valence-electron chi connectivity index (χ4n) is 5.29. The van der Waals surface area contributed by atoms with Crippen molar-refractivity contribution in [3.05, 3.63) is 41.5 Å². The number of fused-ring (bicyclic) bond motifs is 1. The molecule has 0 aliphatic carbocycles. The van der Waals surface area contributed by atoms with Gasteiger partial charge in [0, 0.05) is 53.7 Å². The number of hydrogen-bond donors (Lipinski definition) is 1. The lowest BCUT2D eigenvalue weighted by Gasteiger charge is -2.44. The quantitative estimate of drug-likeness (QED) is 0.213. The molecule has 17 heteroatoms. The lowest BCUT2D eigenvalue weighted by atomic mass is 9.95. The van der Waals surface area contributed by atoms with Gasteiger partial charge in [0.2, 0.25) is 12.4 Å². The van der Waals surface area contributed by atoms with Crippen LogP contribution in [0.4, 0.5) is 0 Å². The van der Waals surface area contributed by atoms with Crippen LogP contribution in [0.1, 0.15) is 70.0 Å². The van der Waals surface area contributed by atoms with Crippen LogP contribution >= 0.6 is 0 Å². The Morgan fingerprint density at radius 2 is 1.34 bits per heavy atom. The molecule has 1 fully saturated rings. The van der Waals surface area contributed by atoms with E-state index >= 15 is 0 Å². The largest absolute Gasteiger partial charge is 0.507 e. The van der Waals surface area contributed by atoms with Crippen molar-refractivity contribution in [1.82, 2.24) is 0 Å². The van der Waals surface area contributed by atoms with Crippen LogP contribution in [-0.4, -0.2) is 84.0 Å². The maximum atomic E-state index is 13.2. The predicted molar refractivity (Wildman–Crippen MR) is 162 cm³/mol. The van der Waals surface area contributed by atoms with Crippen LogP contribution in [-0.2, 0) is 52.5 Å². The topological polar surface area (TPSA) is 223 Å². The van der Waals surface area contributed by atoms with E-state index in [9.17, 15) is 38.7 Å². The lowest BCUT2D eigenvalue weighted by Crippen LogP contribution is -2.63. The Kier molecular flexibility index (Phi) is 11.6. The number of aromatic hydroxyl groups is 1. The van der Waals surface area contributed by atoms with E-state index in [2.05, 4.69) is 0 Å². The average molecular weight is 703 g/mol. The molecule has 17 nitrogen and oxygen atoms in total. The number of ketones is 1. The second kappa shape index (κ2) is 15.7. The second-order valence-corrected chi connectivity index (χ2v) is 11.1. The van der Waals surface area contributed by atoms with Crippen LogP contribution in [0, 0.1) is 0 Å². The summed E-state index contributed by atoms with van der Waals surface area (Å²) in [4.78, 5) is 84.4. The average Bonchev–Trinajstić information content (AvgIpc) is 2.98. The summed E-state index contributed by atoms with van der Waals surface area (Å²) in [7, 11) is 0. The van der Waals surface area contributed by atoms with Gasteiger partial charge in [-0.1, -0.05) is 6.07 Å². The van der Waals surface area contributed by atoms with Crippen LogP contribution in [0.2, 0.25) is 0 Å². The van der Waals surface area contributed by atoms with Gasteiger partial charge in [-0.2, -0.15) is 0 Å². The zero-order chi connectivity index (χ0) is 36.9. The number of hydrogen-bond acceptors (Lipinski definition) is 17. The Labute approximate surface area is 284 Å². The first-order valence-corrected chi connectivity index (χ1v) is 15.1. The third-order valence-corrected chi connectivity index (χ3v) is 7.02. The van der Waals surface area contributed by atoms with E-state index in [1.165, 1.54) is 31.2 Å². The van der Waals surface area contributed by atoms with E-state index < -0.39 is 90.8 Å². The van der Waals surface area contributed by atoms with Gasteiger partial charge in [-0.3, -0.25) is 33.6 Å². The van der Waals surface area contributed by atoms with Crippen molar-refractivity contribution in [1.29, 1.82) is 0 Å². The van der Waals surface area contributed by atoms with Gasteiger partial charge in [0.15, 0.2) is 29.5 Å². The highest BCUT2D eigenvalue weighted by molar-refractivity contribution is 6.02. The molecule has 6 atom stereocenters. The highest BCUT2D eigenvalue weighted by atomic mass is 16.7. The number of phenolic OH excluding ortho intramolecular Hbond substituents is 1. The number of Topliss-reactive ketones (excluding diaryl/α,β-unsaturated/α-hetero) is 1. The molecule has 0 radical (unpaired) electrons. The van der Waals surface area contributed by atoms with E-state index in [0.717, 1.165) is 40.7 Å². The van der Waals surface area contributed by atoms with Crippen molar-refractivity contribution in [2.75, 3.05) is 6.61 Å². The molecule has 4 rings (SSSR count). The monoisotopic (exact) mass is 702 g/mol. The summed E-state index contributed by atoms with van der Waals surface area (Å²) in [6.07, 6.45) is -8.68. The summed E-state index contributed by atoms with van der Waals surface area (Å²) >= 11 is 0. The minimum absolute atomic E-state index is 0.0443. The Bertz CT molecular complexity index is 1700. The second-order valence-electron chi connectivity index (χ2n) is 11.1. The SMILES string of the molecule is CC(=O)OC[C@@H]1O[C@H](Oc2cc(O)c3c(c2)O[C@H](c2ccc(OC(C)=O)c(OC(C)=O)c2)CC3=O)[C@@H](OC(C)=O)[C@H](OC(C)=O)[C@H]1OC(C)=O. The van der Waals surface area contributed by atoms with Crippen molar-refractivity contribution in [3.63, 3.8) is 0 Å². The van der Waals surface area contributed by atoms with E-state index in [1.807, 2.05) is 0 Å². The Morgan fingerprint density at radius 1 is 0.740 bits per heavy atom. The van der Waals surface area contributed by atoms with Gasteiger partial charge in [0.1, 0.15) is 41.6 Å². The molecule has 0 unspecified atom stereocenters. The van der Waals surface area contributed by atoms with Crippen molar-refractivity contribution in [2.45, 2.75) is 84.8 Å². The van der Waals surface area contributed by atoms with Crippen molar-refractivity contribution in [3.8, 4) is 28.7 Å². The number of rotatable bonds is 10. The predicted octanol–water partition coefficient (Wildman–Crippen LogP) is 2.41. The van der Waals surface area contributed by atoms with Gasteiger partial charge in [0.05, 0.1) is 6.42 Å². The van der Waals surface area contributed by atoms with E-state index in [4.69, 9.17) is 42.6 Å². The van der Waals surface area contributed by atoms with Gasteiger partial charge >= 0.3 is 35.8 Å². The molecule has 0 amide bonds. The highest BCUT2D eigenvalue weighted by Crippen LogP contribution is 2.44. The zero-order valence-corrected chi connectivity index (χ0v) is 27.7. The molecule has 2 aromatic rings. The molecule has 1 saturated heterocycles. The minimum Gasteiger partial charge on any atom is -0.507 e. The maximum absolute atomic E-state index is 13.2. The van der Waals surface area contributed by atoms with Crippen LogP contribution < -0.4 is 18.9 Å². The van der Waals surface area contributed by atoms with E-state index in [-0.39, 0.29) is 35.0 Å². The fraction of sp³-hybridized carbons (Fsp3) is 0.424. The lowest BCUT2D eigenvalue weighted by molar-refractivity contribution is -0.288. The summed E-state index contributed by atoms with van der Waals surface area (Å²) < 4.78 is 49.5. The molecule has 2 aliphatic rings. The molecule has 50 heavy (non-hydrogen) atoms. The van der Waals surface area contributed by atoms with Crippen molar-refractivity contribution in [2.24, 2.45) is 0 Å². The van der Waals surface area contributed by atoms with E-state index in [1.54, 1.807) is 0 Å². The molecule has 0 bridgehead atoms. The summed E-state index contributed by atoms with van der Waals surface area (Å²) in [6.45, 7) is 6.14. The number of phenols is 1. The number of carbonyl (C=O) groups is 7. The first-order chi connectivity index (χ1) is 23.5. The standard InChI is InChI=1S/C33H34O17/c1-14(34)42-13-28-30(45-17(4)37)31(46-18(5)38)32(47-19(6)39)33(50-28)48-21-10-22(40)29-23(41)12-25(49-27(29)11-21)20-7-8-24(43-15(2)35)26(9-20)44-16(3)36/h7-11,25,28,30-33,40H,12-13H2,1-6H3/t25-,28-,30-,31+,32-,33-/m0/s1. The molecular formula is C33H34O17. The first-order valence-electron chi connectivity index (χ1n) is 15.1. The molecule has 2 aromatic carbocycles. The number of benzene rings is 2. The van der Waals surface area contributed by atoms with Crippen LogP contribution in [0.3, 0.4) is 0 Å². The molecule has 268 valence electrons. The zero-order valence-electron chi connectivity index (χ0n) is 27.7. The summed E-state index contributed by atoms with van der Waals surface area (Å²) in [5, 5.41) is 10.9. The summed E-state index contributed by atoms with van der Waals surface area (Å²) in [6, 6.07) is 6.53. The molecule has 0 saturated carbocycles. The molecule has 1 N–H and O–H groups in total. The van der Waals surface area contributed by atoms with Gasteiger partial charge in [-0.05, 0) is 17.7 Å². The fourth-order valence-corrected chi connectivity index (χ4v) is 5.29. The maximum Gasteiger partial charge on any atom is 0.308 e. The minimum atomic E-state index is -1.64. The number of carbonyl (C=O) groups excluding carboxylic acids is 7. The summed E-state index contributed by atoms with van der Waals surface area (Å²) in [5.74, 6) is -6.13. The van der Waals surface area contributed by atoms with Gasteiger partial charge < -0.3 is 47.7 Å². The van der Waals surface area contributed by atoms with Crippen molar-refractivity contribution >= 4 is 41.6 Å². The van der Waals surface area contributed by atoms with Crippen LogP contribution in [0.25, 0.3) is 0 Å².